The molecule has 0 spiro atoms. The molecule has 0 radical (unpaired) electrons. The third-order valence-corrected chi connectivity index (χ3v) is 10.3. The largest absolute Gasteiger partial charge is 0.458 e. The Hall–Kier alpha value is -1.87. The van der Waals surface area contributed by atoms with Crippen LogP contribution in [0.15, 0.2) is 0 Å². The number of hydrogen-bond donors (Lipinski definition) is 4. The van der Waals surface area contributed by atoms with Crippen LogP contribution >= 0.6 is 0 Å². The number of ether oxygens (including phenoxy) is 5. The second-order valence-electron chi connectivity index (χ2n) is 14.2. The van der Waals surface area contributed by atoms with Crippen LogP contribution in [0.3, 0.4) is 0 Å². The predicted molar refractivity (Wildman–Crippen MR) is 172 cm³/mol. The molecule has 5 unspecified atom stereocenters. The molecule has 0 aromatic rings. The van der Waals surface area contributed by atoms with Gasteiger partial charge in [-0.1, -0.05) is 27.7 Å². The topological polar surface area (TPSA) is 157 Å². The summed E-state index contributed by atoms with van der Waals surface area (Å²) in [7, 11) is 5.40. The highest BCUT2D eigenvalue weighted by molar-refractivity contribution is 6.00. The lowest BCUT2D eigenvalue weighted by molar-refractivity contribution is -0.297. The van der Waals surface area contributed by atoms with E-state index in [9.17, 15) is 19.5 Å². The van der Waals surface area contributed by atoms with Crippen molar-refractivity contribution in [3.8, 4) is 0 Å². The number of esters is 1. The number of methoxy groups -OCH3 is 1. The van der Waals surface area contributed by atoms with Crippen LogP contribution in [0.1, 0.15) is 74.7 Å². The van der Waals surface area contributed by atoms with E-state index in [4.69, 9.17) is 23.7 Å². The van der Waals surface area contributed by atoms with E-state index in [2.05, 4.69) is 22.9 Å². The van der Waals surface area contributed by atoms with Crippen molar-refractivity contribution in [3.63, 3.8) is 0 Å². The molecule has 1 amide bonds. The minimum absolute atomic E-state index is 0.0284. The lowest BCUT2D eigenvalue weighted by atomic mass is 9.78. The maximum absolute atomic E-state index is 14.1. The molecule has 0 saturated carbocycles. The van der Waals surface area contributed by atoms with Gasteiger partial charge in [0.1, 0.15) is 18.1 Å². The smallest absolute Gasteiger partial charge is 0.408 e. The summed E-state index contributed by atoms with van der Waals surface area (Å²) in [6.07, 6.45) is -3.05. The molecule has 3 fully saturated rings. The van der Waals surface area contributed by atoms with Gasteiger partial charge < -0.3 is 49.6 Å². The highest BCUT2D eigenvalue weighted by Crippen LogP contribution is 2.37. The first-order chi connectivity index (χ1) is 21.5. The number of aliphatic hydroxyl groups is 1. The van der Waals surface area contributed by atoms with Gasteiger partial charge in [0.05, 0.1) is 23.9 Å². The molecule has 3 heterocycles. The lowest BCUT2D eigenvalue weighted by Crippen LogP contribution is -2.60. The number of hydrogen-bond acceptors (Lipinski definition) is 12. The quantitative estimate of drug-likeness (QED) is 0.222. The molecule has 0 aromatic heterocycles. The molecule has 0 aromatic carbocycles. The molecule has 266 valence electrons. The number of carbonyl (C=O) groups excluding carboxylic acids is 3. The number of rotatable bonds is 8. The zero-order valence-corrected chi connectivity index (χ0v) is 29.8. The van der Waals surface area contributed by atoms with Gasteiger partial charge in [-0.15, -0.1) is 0 Å². The zero-order chi connectivity index (χ0) is 34.6. The van der Waals surface area contributed by atoms with Crippen molar-refractivity contribution in [2.24, 2.45) is 17.8 Å². The second-order valence-corrected chi connectivity index (χ2v) is 14.2. The predicted octanol–water partition coefficient (Wildman–Crippen LogP) is 1.84. The van der Waals surface area contributed by atoms with Crippen LogP contribution < -0.4 is 16.0 Å². The Labute approximate surface area is 275 Å². The average Bonchev–Trinajstić information content (AvgIpc) is 3.33. The van der Waals surface area contributed by atoms with Crippen molar-refractivity contribution in [1.29, 1.82) is 0 Å². The van der Waals surface area contributed by atoms with E-state index in [0.29, 0.717) is 32.4 Å². The molecule has 3 aliphatic heterocycles. The summed E-state index contributed by atoms with van der Waals surface area (Å²) in [5, 5.41) is 21.2. The molecular weight excluding hydrogens is 596 g/mol. The Morgan fingerprint density at radius 1 is 1.11 bits per heavy atom. The molecule has 0 aliphatic carbocycles. The fourth-order valence-corrected chi connectivity index (χ4v) is 7.46. The summed E-state index contributed by atoms with van der Waals surface area (Å²) in [5.74, 6) is -3.05. The van der Waals surface area contributed by atoms with Gasteiger partial charge in [0, 0.05) is 31.7 Å². The monoisotopic (exact) mass is 656 g/mol. The summed E-state index contributed by atoms with van der Waals surface area (Å²) in [4.78, 5) is 42.2. The number of fused-ring (bicyclic) bond motifs is 1. The molecule has 4 N–H and O–H groups in total. The van der Waals surface area contributed by atoms with E-state index in [-0.39, 0.29) is 29.9 Å². The van der Waals surface area contributed by atoms with Crippen molar-refractivity contribution in [3.05, 3.63) is 0 Å². The first kappa shape index (κ1) is 38.6. The van der Waals surface area contributed by atoms with Crippen molar-refractivity contribution in [2.45, 2.75) is 135 Å². The Bertz CT molecular complexity index is 1050. The number of likely N-dealkylation sites (N-methyl/N-ethyl adjacent to an activating group) is 2. The molecule has 0 bridgehead atoms. The van der Waals surface area contributed by atoms with Crippen LogP contribution in [0, 0.1) is 17.8 Å². The minimum Gasteiger partial charge on any atom is -0.458 e. The Balaban J connectivity index is 2.02. The molecule has 3 aliphatic rings. The number of aliphatic hydroxyl groups excluding tert-OH is 1. The zero-order valence-electron chi connectivity index (χ0n) is 29.8. The number of ketones is 1. The van der Waals surface area contributed by atoms with Gasteiger partial charge in [-0.2, -0.15) is 0 Å². The molecule has 13 nitrogen and oxygen atoms in total. The standard InChI is InChI=1S/C33H60N4O9/c1-12-24-33(8)27(36-31(41)46-33)21(6)35-16-18(3)15-32(7,42-11)28(19(4)25(38)20(5)29(40)44-24)45-30-26(39)23(37(9)10)14-22(43-30)17-34-13-2/h18-24,26-28,30,34-35,39H,12-17H2,1-11H3,(H,36,41)/t18-,19+,20?,21-,22?,23?,24-,26?,27-,28-,30?,32-,33-/m1/s1. The maximum atomic E-state index is 14.1. The number of nitrogens with one attached hydrogen (secondary N) is 3. The van der Waals surface area contributed by atoms with Crippen LogP contribution in [0.25, 0.3) is 0 Å². The van der Waals surface area contributed by atoms with Crippen LogP contribution in [-0.4, -0.2) is 129 Å². The van der Waals surface area contributed by atoms with Gasteiger partial charge in [-0.3, -0.25) is 9.59 Å². The van der Waals surface area contributed by atoms with Gasteiger partial charge in [0.25, 0.3) is 0 Å². The number of carbonyl (C=O) groups is 3. The Morgan fingerprint density at radius 3 is 2.37 bits per heavy atom. The van der Waals surface area contributed by atoms with Crippen LogP contribution in [0.4, 0.5) is 4.79 Å². The van der Waals surface area contributed by atoms with E-state index in [1.54, 1.807) is 21.0 Å². The molecule has 13 heteroatoms. The van der Waals surface area contributed by atoms with E-state index in [1.165, 1.54) is 6.92 Å². The third-order valence-electron chi connectivity index (χ3n) is 10.3. The van der Waals surface area contributed by atoms with Gasteiger partial charge in [-0.05, 0) is 80.1 Å². The van der Waals surface area contributed by atoms with Crippen molar-refractivity contribution >= 4 is 17.8 Å². The van der Waals surface area contributed by atoms with Crippen molar-refractivity contribution in [1.82, 2.24) is 20.9 Å². The first-order valence-corrected chi connectivity index (χ1v) is 16.9. The van der Waals surface area contributed by atoms with E-state index >= 15 is 0 Å². The number of amides is 1. The van der Waals surface area contributed by atoms with Crippen molar-refractivity contribution < 1.29 is 43.2 Å². The molecule has 3 rings (SSSR count). The second kappa shape index (κ2) is 16.0. The SMILES string of the molecule is CCNCC1CC(N(C)C)C(O)C(O[C@@H]2[C@@H](C)C(=O)C(C)C(=O)O[C@H](CC)[C@@]3(C)OC(=O)N[C@@H]3[C@@H](C)NC[C@H](C)C[C@@]2(C)OC)O1. The normalized spacial score (nSPS) is 43.2. The number of nitrogens with zero attached hydrogens (tertiary/aromatic N) is 1. The fourth-order valence-electron chi connectivity index (χ4n) is 7.46. The number of alkyl carbamates (subject to hydrolysis) is 1. The van der Waals surface area contributed by atoms with E-state index < -0.39 is 65.7 Å². The molecular formula is C33H60N4O9. The van der Waals surface area contributed by atoms with Gasteiger partial charge in [-0.25, -0.2) is 4.79 Å². The lowest BCUT2D eigenvalue weighted by Gasteiger charge is -2.47. The van der Waals surface area contributed by atoms with E-state index in [1.807, 2.05) is 46.7 Å². The molecule has 46 heavy (non-hydrogen) atoms. The fraction of sp³-hybridized carbons (Fsp3) is 0.909. The van der Waals surface area contributed by atoms with Crippen molar-refractivity contribution in [2.75, 3.05) is 40.8 Å². The van der Waals surface area contributed by atoms with E-state index in [0.717, 1.165) is 6.54 Å². The number of cyclic esters (lactones) is 1. The Kier molecular flexibility index (Phi) is 13.4. The highest BCUT2D eigenvalue weighted by atomic mass is 16.7. The summed E-state index contributed by atoms with van der Waals surface area (Å²) in [5.41, 5.74) is -2.17. The maximum Gasteiger partial charge on any atom is 0.408 e. The average molecular weight is 657 g/mol. The third kappa shape index (κ3) is 8.40. The summed E-state index contributed by atoms with van der Waals surface area (Å²) in [6, 6.07) is -0.967. The molecule has 3 saturated heterocycles. The van der Waals surface area contributed by atoms with Gasteiger partial charge in [0.15, 0.2) is 17.7 Å². The number of Topliss-reactive ketones (excluding diaryl/α,β-unsaturated/α-hetero) is 1. The summed E-state index contributed by atoms with van der Waals surface area (Å²) >= 11 is 0. The summed E-state index contributed by atoms with van der Waals surface area (Å²) in [6.45, 7) is 16.7. The first-order valence-electron chi connectivity index (χ1n) is 16.9. The van der Waals surface area contributed by atoms with Crippen LogP contribution in [0.5, 0.6) is 0 Å². The molecule has 13 atom stereocenters. The van der Waals surface area contributed by atoms with Gasteiger partial charge >= 0.3 is 12.1 Å². The van der Waals surface area contributed by atoms with Gasteiger partial charge in [0.2, 0.25) is 0 Å². The van der Waals surface area contributed by atoms with Crippen LogP contribution in [-0.2, 0) is 33.3 Å². The summed E-state index contributed by atoms with van der Waals surface area (Å²) < 4.78 is 30.9. The highest BCUT2D eigenvalue weighted by Gasteiger charge is 2.55. The minimum atomic E-state index is -1.15. The van der Waals surface area contributed by atoms with Crippen LogP contribution in [0.2, 0.25) is 0 Å². The Morgan fingerprint density at radius 2 is 1.78 bits per heavy atom.